The molecule has 9 heteroatoms. The Morgan fingerprint density at radius 1 is 0.844 bits per heavy atom. The van der Waals surface area contributed by atoms with Gasteiger partial charge in [-0.05, 0) is 54.6 Å². The predicted octanol–water partition coefficient (Wildman–Crippen LogP) is 3.79. The van der Waals surface area contributed by atoms with Gasteiger partial charge in [0.1, 0.15) is 17.2 Å². The number of carbonyl (C=O) groups excluding carboxylic acids is 1. The van der Waals surface area contributed by atoms with Crippen LogP contribution in [0.2, 0.25) is 0 Å². The molecule has 0 aliphatic carbocycles. The molecule has 0 saturated heterocycles. The molecule has 32 heavy (non-hydrogen) atoms. The first-order valence-electron chi connectivity index (χ1n) is 9.56. The molecule has 0 aliphatic rings. The number of anilines is 2. The van der Waals surface area contributed by atoms with Gasteiger partial charge in [-0.25, -0.2) is 8.42 Å². The minimum Gasteiger partial charge on any atom is -0.497 e. The van der Waals surface area contributed by atoms with Crippen LogP contribution in [0.1, 0.15) is 10.4 Å². The van der Waals surface area contributed by atoms with Crippen LogP contribution in [0, 0.1) is 0 Å². The fourth-order valence-corrected chi connectivity index (χ4v) is 4.23. The summed E-state index contributed by atoms with van der Waals surface area (Å²) < 4.78 is 42.9. The number of nitrogens with zero attached hydrogens (tertiary/aromatic N) is 1. The monoisotopic (exact) mass is 456 g/mol. The van der Waals surface area contributed by atoms with Gasteiger partial charge in [0.05, 0.1) is 37.6 Å². The van der Waals surface area contributed by atoms with E-state index in [2.05, 4.69) is 5.32 Å². The Bertz CT molecular complexity index is 1210. The Kier molecular flexibility index (Phi) is 6.89. The van der Waals surface area contributed by atoms with Crippen LogP contribution >= 0.6 is 0 Å². The summed E-state index contributed by atoms with van der Waals surface area (Å²) >= 11 is 0. The molecule has 1 amide bonds. The smallest absolute Gasteiger partial charge is 0.264 e. The highest BCUT2D eigenvalue weighted by molar-refractivity contribution is 7.92. The quantitative estimate of drug-likeness (QED) is 0.554. The van der Waals surface area contributed by atoms with Crippen LogP contribution < -0.4 is 23.8 Å². The van der Waals surface area contributed by atoms with Gasteiger partial charge in [-0.1, -0.05) is 6.07 Å². The van der Waals surface area contributed by atoms with Crippen LogP contribution in [-0.4, -0.2) is 42.7 Å². The molecule has 8 nitrogen and oxygen atoms in total. The van der Waals surface area contributed by atoms with Crippen molar-refractivity contribution in [2.75, 3.05) is 38.0 Å². The lowest BCUT2D eigenvalue weighted by Crippen LogP contribution is -2.26. The van der Waals surface area contributed by atoms with Crippen molar-refractivity contribution in [1.29, 1.82) is 0 Å². The summed E-state index contributed by atoms with van der Waals surface area (Å²) in [6.07, 6.45) is 0. The Hall–Kier alpha value is -3.72. The number of benzene rings is 3. The van der Waals surface area contributed by atoms with Crippen molar-refractivity contribution in [2.45, 2.75) is 4.90 Å². The molecular formula is C23H24N2O6S. The first kappa shape index (κ1) is 23.0. The van der Waals surface area contributed by atoms with E-state index in [0.29, 0.717) is 28.6 Å². The van der Waals surface area contributed by atoms with Crippen LogP contribution in [0.25, 0.3) is 0 Å². The number of sulfonamides is 1. The van der Waals surface area contributed by atoms with Gasteiger partial charge in [-0.3, -0.25) is 9.10 Å². The van der Waals surface area contributed by atoms with E-state index in [0.717, 1.165) is 4.31 Å². The van der Waals surface area contributed by atoms with E-state index in [1.54, 1.807) is 42.5 Å². The number of hydrogen-bond donors (Lipinski definition) is 1. The Morgan fingerprint density at radius 3 is 2.12 bits per heavy atom. The van der Waals surface area contributed by atoms with Gasteiger partial charge < -0.3 is 19.5 Å². The summed E-state index contributed by atoms with van der Waals surface area (Å²) in [4.78, 5) is 12.8. The first-order chi connectivity index (χ1) is 15.3. The standard InChI is InChI=1S/C23H24N2O6S/c1-25(17-8-10-18(29-2)11-9-17)32(27,28)20-7-5-6-16(14-20)23(26)24-21-13-12-19(30-3)15-22(21)31-4/h5-15H,1-4H3,(H,24,26). The summed E-state index contributed by atoms with van der Waals surface area (Å²) in [5, 5.41) is 2.74. The second-order valence-electron chi connectivity index (χ2n) is 6.72. The van der Waals surface area contributed by atoms with Crippen molar-refractivity contribution < 1.29 is 27.4 Å². The summed E-state index contributed by atoms with van der Waals surface area (Å²) in [6.45, 7) is 0. The van der Waals surface area contributed by atoms with E-state index in [1.165, 1.54) is 52.6 Å². The summed E-state index contributed by atoms with van der Waals surface area (Å²) in [6, 6.07) is 17.4. The molecule has 0 fully saturated rings. The number of rotatable bonds is 8. The average Bonchev–Trinajstić information content (AvgIpc) is 2.83. The fraction of sp³-hybridized carbons (Fsp3) is 0.174. The van der Waals surface area contributed by atoms with E-state index < -0.39 is 15.9 Å². The topological polar surface area (TPSA) is 94.2 Å². The van der Waals surface area contributed by atoms with E-state index in [1.807, 2.05) is 0 Å². The zero-order chi connectivity index (χ0) is 23.3. The lowest BCUT2D eigenvalue weighted by atomic mass is 10.2. The molecule has 3 aromatic rings. The molecule has 0 unspecified atom stereocenters. The molecule has 3 aromatic carbocycles. The fourth-order valence-electron chi connectivity index (χ4n) is 2.98. The average molecular weight is 457 g/mol. The van der Waals surface area contributed by atoms with Crippen LogP contribution in [-0.2, 0) is 10.0 Å². The Balaban J connectivity index is 1.86. The molecule has 1 N–H and O–H groups in total. The van der Waals surface area contributed by atoms with E-state index in [9.17, 15) is 13.2 Å². The number of carbonyl (C=O) groups is 1. The van der Waals surface area contributed by atoms with Gasteiger partial charge in [0.25, 0.3) is 15.9 Å². The maximum atomic E-state index is 13.1. The predicted molar refractivity (Wildman–Crippen MR) is 123 cm³/mol. The molecule has 0 bridgehead atoms. The zero-order valence-corrected chi connectivity index (χ0v) is 19.0. The Morgan fingerprint density at radius 2 is 1.50 bits per heavy atom. The van der Waals surface area contributed by atoms with E-state index in [-0.39, 0.29) is 10.5 Å². The third-order valence-electron chi connectivity index (χ3n) is 4.85. The molecule has 0 radical (unpaired) electrons. The van der Waals surface area contributed by atoms with Crippen molar-refractivity contribution in [3.8, 4) is 17.2 Å². The molecule has 0 heterocycles. The van der Waals surface area contributed by atoms with Crippen LogP contribution in [0.4, 0.5) is 11.4 Å². The van der Waals surface area contributed by atoms with Gasteiger partial charge >= 0.3 is 0 Å². The van der Waals surface area contributed by atoms with Crippen LogP contribution in [0.3, 0.4) is 0 Å². The van der Waals surface area contributed by atoms with E-state index >= 15 is 0 Å². The van der Waals surface area contributed by atoms with Crippen LogP contribution in [0.15, 0.2) is 71.6 Å². The highest BCUT2D eigenvalue weighted by atomic mass is 32.2. The van der Waals surface area contributed by atoms with Crippen molar-refractivity contribution >= 4 is 27.3 Å². The number of hydrogen-bond acceptors (Lipinski definition) is 6. The molecule has 168 valence electrons. The number of methoxy groups -OCH3 is 3. The summed E-state index contributed by atoms with van der Waals surface area (Å²) in [7, 11) is 2.10. The normalized spacial score (nSPS) is 10.9. The van der Waals surface area contributed by atoms with Gasteiger partial charge in [0.15, 0.2) is 0 Å². The lowest BCUT2D eigenvalue weighted by Gasteiger charge is -2.20. The third kappa shape index (κ3) is 4.78. The van der Waals surface area contributed by atoms with Gasteiger partial charge in [-0.2, -0.15) is 0 Å². The zero-order valence-electron chi connectivity index (χ0n) is 18.2. The van der Waals surface area contributed by atoms with Crippen LogP contribution in [0.5, 0.6) is 17.2 Å². The summed E-state index contributed by atoms with van der Waals surface area (Å²) in [5.74, 6) is 1.14. The van der Waals surface area contributed by atoms with E-state index in [4.69, 9.17) is 14.2 Å². The lowest BCUT2D eigenvalue weighted by molar-refractivity contribution is 0.102. The van der Waals surface area contributed by atoms with Gasteiger partial charge in [-0.15, -0.1) is 0 Å². The maximum absolute atomic E-state index is 13.1. The minimum absolute atomic E-state index is 0.00911. The molecule has 0 spiro atoms. The highest BCUT2D eigenvalue weighted by Gasteiger charge is 2.23. The Labute approximate surface area is 187 Å². The molecule has 0 atom stereocenters. The minimum atomic E-state index is -3.89. The molecule has 0 saturated carbocycles. The molecular weight excluding hydrogens is 432 g/mol. The number of nitrogens with one attached hydrogen (secondary N) is 1. The van der Waals surface area contributed by atoms with Crippen molar-refractivity contribution in [2.24, 2.45) is 0 Å². The second-order valence-corrected chi connectivity index (χ2v) is 8.69. The second kappa shape index (κ2) is 9.61. The molecule has 3 rings (SSSR count). The molecule has 0 aromatic heterocycles. The summed E-state index contributed by atoms with van der Waals surface area (Å²) in [5.41, 5.74) is 1.08. The van der Waals surface area contributed by atoms with Crippen molar-refractivity contribution in [1.82, 2.24) is 0 Å². The maximum Gasteiger partial charge on any atom is 0.264 e. The molecule has 0 aliphatic heterocycles. The van der Waals surface area contributed by atoms with Gasteiger partial charge in [0.2, 0.25) is 0 Å². The first-order valence-corrected chi connectivity index (χ1v) is 11.0. The highest BCUT2D eigenvalue weighted by Crippen LogP contribution is 2.30. The van der Waals surface area contributed by atoms with Crippen molar-refractivity contribution in [3.05, 3.63) is 72.3 Å². The third-order valence-corrected chi connectivity index (χ3v) is 6.63. The van der Waals surface area contributed by atoms with Gasteiger partial charge in [0, 0.05) is 18.7 Å². The largest absolute Gasteiger partial charge is 0.497 e. The number of ether oxygens (including phenoxy) is 3. The van der Waals surface area contributed by atoms with Crippen molar-refractivity contribution in [3.63, 3.8) is 0 Å². The number of amides is 1. The SMILES string of the molecule is COc1ccc(N(C)S(=O)(=O)c2cccc(C(=O)Nc3ccc(OC)cc3OC)c2)cc1.